The molecule has 0 saturated carbocycles. The Kier molecular flexibility index (Phi) is 11.3. The van der Waals surface area contributed by atoms with E-state index in [0.717, 1.165) is 0 Å². The highest BCUT2D eigenvalue weighted by atomic mass is 79.9. The quantitative estimate of drug-likeness (QED) is 0.104. The van der Waals surface area contributed by atoms with Crippen LogP contribution in [0.2, 0.25) is 0 Å². The van der Waals surface area contributed by atoms with E-state index in [1.165, 1.54) is 19.4 Å². The second-order valence-electron chi connectivity index (χ2n) is 9.32. The molecule has 3 aromatic carbocycles. The monoisotopic (exact) mass is 684 g/mol. The van der Waals surface area contributed by atoms with Gasteiger partial charge in [0.1, 0.15) is 18.2 Å². The van der Waals surface area contributed by atoms with Gasteiger partial charge in [-0.3, -0.25) is 4.79 Å². The lowest BCUT2D eigenvalue weighted by Gasteiger charge is -2.30. The van der Waals surface area contributed by atoms with Crippen molar-refractivity contribution in [2.24, 2.45) is 5.10 Å². The highest BCUT2D eigenvalue weighted by Crippen LogP contribution is 2.37. The molecule has 1 heterocycles. The molecule has 1 amide bonds. The summed E-state index contributed by atoms with van der Waals surface area (Å²) < 4.78 is 36.9. The number of rotatable bonds is 12. The lowest BCUT2D eigenvalue weighted by atomic mass is 9.95. The number of hydrogen-bond acceptors (Lipinski definition) is 8. The molecule has 0 fully saturated rings. The van der Waals surface area contributed by atoms with Crippen LogP contribution in [0.4, 0.5) is 4.39 Å². The Morgan fingerprint density at radius 2 is 1.86 bits per heavy atom. The van der Waals surface area contributed by atoms with Crippen LogP contribution in [-0.4, -0.2) is 43.5 Å². The van der Waals surface area contributed by atoms with E-state index in [9.17, 15) is 14.0 Å². The molecule has 0 saturated heterocycles. The fourth-order valence-corrected chi connectivity index (χ4v) is 5.18. The van der Waals surface area contributed by atoms with Crippen molar-refractivity contribution in [3.8, 4) is 17.2 Å². The zero-order valence-electron chi connectivity index (χ0n) is 24.1. The Labute approximate surface area is 267 Å². The van der Waals surface area contributed by atoms with Crippen molar-refractivity contribution in [2.45, 2.75) is 26.5 Å². The number of carbonyl (C=O) groups is 2. The van der Waals surface area contributed by atoms with Gasteiger partial charge in [-0.15, -0.1) is 0 Å². The van der Waals surface area contributed by atoms with Crippen LogP contribution >= 0.6 is 28.1 Å². The van der Waals surface area contributed by atoms with Crippen molar-refractivity contribution in [2.75, 3.05) is 20.3 Å². The van der Waals surface area contributed by atoms with Crippen LogP contribution in [0.3, 0.4) is 0 Å². The minimum absolute atomic E-state index is 0.00859. The smallest absolute Gasteiger partial charge is 0.338 e. The molecule has 0 spiro atoms. The zero-order chi connectivity index (χ0) is 31.6. The number of benzene rings is 3. The second-order valence-corrected chi connectivity index (χ2v) is 10.6. The van der Waals surface area contributed by atoms with Gasteiger partial charge in [0.15, 0.2) is 23.2 Å². The number of para-hydroxylation sites is 1. The Bertz CT molecular complexity index is 1620. The van der Waals surface area contributed by atoms with Gasteiger partial charge >= 0.3 is 5.97 Å². The van der Waals surface area contributed by atoms with Gasteiger partial charge in [0.05, 0.1) is 36.0 Å². The third-order valence-corrected chi connectivity index (χ3v) is 7.15. The number of amides is 1. The highest BCUT2D eigenvalue weighted by Gasteiger charge is 2.32. The Morgan fingerprint density at radius 1 is 1.11 bits per heavy atom. The van der Waals surface area contributed by atoms with Crippen molar-refractivity contribution in [3.63, 3.8) is 0 Å². The summed E-state index contributed by atoms with van der Waals surface area (Å²) in [6.07, 6.45) is 1.43. The zero-order valence-corrected chi connectivity index (χ0v) is 26.5. The minimum Gasteiger partial charge on any atom is -0.493 e. The molecule has 3 aromatic rings. The van der Waals surface area contributed by atoms with Crippen LogP contribution in [0.1, 0.15) is 36.6 Å². The average Bonchev–Trinajstić information content (AvgIpc) is 3.00. The first kappa shape index (κ1) is 32.4. The molecule has 13 heteroatoms. The molecule has 3 N–H and O–H groups in total. The van der Waals surface area contributed by atoms with Crippen LogP contribution in [0.25, 0.3) is 0 Å². The van der Waals surface area contributed by atoms with Crippen molar-refractivity contribution < 1.29 is 32.9 Å². The van der Waals surface area contributed by atoms with Crippen LogP contribution in [0.5, 0.6) is 17.2 Å². The Morgan fingerprint density at radius 3 is 2.61 bits per heavy atom. The van der Waals surface area contributed by atoms with Gasteiger partial charge in [0.25, 0.3) is 5.91 Å². The van der Waals surface area contributed by atoms with E-state index in [1.54, 1.807) is 68.4 Å². The predicted molar refractivity (Wildman–Crippen MR) is 170 cm³/mol. The van der Waals surface area contributed by atoms with Crippen molar-refractivity contribution in [3.05, 3.63) is 98.9 Å². The van der Waals surface area contributed by atoms with E-state index in [4.69, 9.17) is 31.2 Å². The predicted octanol–water partition coefficient (Wildman–Crippen LogP) is 5.06. The van der Waals surface area contributed by atoms with Crippen LogP contribution < -0.4 is 30.3 Å². The summed E-state index contributed by atoms with van der Waals surface area (Å²) in [5.74, 6) is -0.214. The van der Waals surface area contributed by atoms with Gasteiger partial charge in [-0.25, -0.2) is 14.6 Å². The first-order chi connectivity index (χ1) is 21.2. The van der Waals surface area contributed by atoms with E-state index in [2.05, 4.69) is 37.1 Å². The van der Waals surface area contributed by atoms with Crippen molar-refractivity contribution in [1.82, 2.24) is 16.1 Å². The van der Waals surface area contributed by atoms with Crippen molar-refractivity contribution >= 4 is 51.4 Å². The third kappa shape index (κ3) is 8.11. The molecule has 10 nitrogen and oxygen atoms in total. The molecule has 4 rings (SSSR count). The summed E-state index contributed by atoms with van der Waals surface area (Å²) in [6.45, 7) is 3.33. The van der Waals surface area contributed by atoms with Gasteiger partial charge in [0.2, 0.25) is 0 Å². The van der Waals surface area contributed by atoms with Gasteiger partial charge in [-0.05, 0) is 71.8 Å². The van der Waals surface area contributed by atoms with E-state index < -0.39 is 17.9 Å². The first-order valence-corrected chi connectivity index (χ1v) is 14.6. The first-order valence-electron chi connectivity index (χ1n) is 13.4. The number of nitrogens with one attached hydrogen (secondary N) is 3. The standard InChI is InChI=1S/C31H30BrFN4O6S/c1-4-41-30(39)27-18(2)35-31(44)36-28(27)21-10-6-8-12-24(21)42-17-26(38)37-34-15-19-13-22(32)29(25(14-19)40-3)43-16-20-9-5-7-11-23(20)33/h5-15,28H,4,16-17H2,1-3H3,(H,37,38)(H2,35,36,44)/t28-/m1/s1. The van der Waals surface area contributed by atoms with E-state index in [-0.39, 0.29) is 25.6 Å². The molecule has 1 aliphatic heterocycles. The molecule has 0 radical (unpaired) electrons. The number of thiocarbonyl (C=S) groups is 1. The number of carbonyl (C=O) groups excluding carboxylic acids is 2. The molecule has 0 bridgehead atoms. The molecule has 1 aliphatic rings. The number of methoxy groups -OCH3 is 1. The van der Waals surface area contributed by atoms with Crippen LogP contribution in [-0.2, 0) is 20.9 Å². The average molecular weight is 686 g/mol. The molecular formula is C31H30BrFN4O6S. The fourth-order valence-electron chi connectivity index (χ4n) is 4.33. The van der Waals surface area contributed by atoms with Gasteiger partial charge in [0, 0.05) is 16.8 Å². The number of hydrogen-bond donors (Lipinski definition) is 3. The number of allylic oxidation sites excluding steroid dienone is 1. The molecule has 0 unspecified atom stereocenters. The molecule has 0 aliphatic carbocycles. The van der Waals surface area contributed by atoms with Gasteiger partial charge < -0.3 is 29.6 Å². The summed E-state index contributed by atoms with van der Waals surface area (Å²) >= 11 is 8.76. The maximum atomic E-state index is 14.0. The van der Waals surface area contributed by atoms with Crippen LogP contribution in [0.15, 0.2) is 81.5 Å². The Balaban J connectivity index is 1.40. The fraction of sp³-hybridized carbons (Fsp3) is 0.226. The molecular weight excluding hydrogens is 655 g/mol. The molecule has 1 atom stereocenters. The van der Waals surface area contributed by atoms with Gasteiger partial charge in [-0.2, -0.15) is 5.10 Å². The molecule has 44 heavy (non-hydrogen) atoms. The van der Waals surface area contributed by atoms with E-state index in [0.29, 0.717) is 54.8 Å². The summed E-state index contributed by atoms with van der Waals surface area (Å²) in [7, 11) is 1.48. The van der Waals surface area contributed by atoms with Gasteiger partial charge in [-0.1, -0.05) is 36.4 Å². The summed E-state index contributed by atoms with van der Waals surface area (Å²) in [5.41, 5.74) is 4.95. The molecule has 0 aromatic heterocycles. The number of nitrogens with zero attached hydrogens (tertiary/aromatic N) is 1. The topological polar surface area (TPSA) is 120 Å². The highest BCUT2D eigenvalue weighted by molar-refractivity contribution is 9.10. The lowest BCUT2D eigenvalue weighted by molar-refractivity contribution is -0.139. The summed E-state index contributed by atoms with van der Waals surface area (Å²) in [5, 5.41) is 10.4. The van der Waals surface area contributed by atoms with Crippen molar-refractivity contribution in [1.29, 1.82) is 0 Å². The maximum Gasteiger partial charge on any atom is 0.338 e. The van der Waals surface area contributed by atoms with E-state index in [1.807, 2.05) is 0 Å². The largest absolute Gasteiger partial charge is 0.493 e. The summed E-state index contributed by atoms with van der Waals surface area (Å²) in [4.78, 5) is 25.3. The lowest BCUT2D eigenvalue weighted by Crippen LogP contribution is -2.45. The second kappa shape index (κ2) is 15.3. The number of hydrazone groups is 1. The van der Waals surface area contributed by atoms with E-state index >= 15 is 0 Å². The SMILES string of the molecule is CCOC(=O)C1=C(C)NC(=S)N[C@@H]1c1ccccc1OCC(=O)NN=Cc1cc(Br)c(OCc2ccccc2F)c(OC)c1. The molecule has 230 valence electrons. The number of esters is 1. The number of ether oxygens (including phenoxy) is 4. The normalized spacial score (nSPS) is 14.5. The third-order valence-electron chi connectivity index (χ3n) is 6.34. The van der Waals surface area contributed by atoms with Crippen LogP contribution in [0, 0.1) is 5.82 Å². The number of halogens is 2. The minimum atomic E-state index is -0.646. The maximum absolute atomic E-state index is 14.0. The Hall–Kier alpha value is -4.49. The summed E-state index contributed by atoms with van der Waals surface area (Å²) in [6, 6.07) is 16.1.